The average Bonchev–Trinajstić information content (AvgIpc) is 2.98. The van der Waals surface area contributed by atoms with Crippen LogP contribution in [0.1, 0.15) is 25.3 Å². The molecule has 0 amide bonds. The summed E-state index contributed by atoms with van der Waals surface area (Å²) in [5, 5.41) is 7.61. The molecule has 0 aromatic carbocycles. The van der Waals surface area contributed by atoms with E-state index in [0.29, 0.717) is 19.7 Å². The molecule has 0 saturated carbocycles. The molecule has 1 aromatic rings. The number of hydrogen-bond acceptors (Lipinski definition) is 5. The molecule has 2 aliphatic rings. The van der Waals surface area contributed by atoms with Gasteiger partial charge in [0.15, 0.2) is 0 Å². The summed E-state index contributed by atoms with van der Waals surface area (Å²) in [5.41, 5.74) is -0.337. The lowest BCUT2D eigenvalue weighted by Crippen LogP contribution is -2.49. The van der Waals surface area contributed by atoms with E-state index in [1.807, 2.05) is 4.57 Å². The third kappa shape index (κ3) is 2.52. The van der Waals surface area contributed by atoms with Crippen molar-refractivity contribution in [3.63, 3.8) is 0 Å². The monoisotopic (exact) mass is 286 g/mol. The Morgan fingerprint density at radius 1 is 1.37 bits per heavy atom. The number of hydrogen-bond donors (Lipinski definition) is 0. The summed E-state index contributed by atoms with van der Waals surface area (Å²) in [6.45, 7) is 1.65. The number of nitrogens with zero attached hydrogens (tertiary/aromatic N) is 4. The first-order valence-electron chi connectivity index (χ1n) is 6.42. The molecular weight excluding hydrogens is 268 g/mol. The van der Waals surface area contributed by atoms with Crippen LogP contribution in [0.25, 0.3) is 0 Å². The van der Waals surface area contributed by atoms with E-state index in [1.165, 1.54) is 10.6 Å². The minimum absolute atomic E-state index is 0.203. The van der Waals surface area contributed by atoms with Crippen molar-refractivity contribution in [2.24, 2.45) is 0 Å². The topological polar surface area (TPSA) is 77.3 Å². The molecule has 8 heteroatoms. The molecule has 2 fully saturated rings. The maximum atomic E-state index is 11.7. The molecule has 0 N–H and O–H groups in total. The van der Waals surface area contributed by atoms with E-state index in [-0.39, 0.29) is 11.6 Å². The summed E-state index contributed by atoms with van der Waals surface area (Å²) >= 11 is 0. The average molecular weight is 286 g/mol. The molecule has 1 aromatic heterocycles. The Kier molecular flexibility index (Phi) is 3.11. The van der Waals surface area contributed by atoms with Gasteiger partial charge in [-0.2, -0.15) is 4.31 Å². The highest BCUT2D eigenvalue weighted by atomic mass is 32.2. The second-order valence-electron chi connectivity index (χ2n) is 5.46. The fraction of sp³-hybridized carbons (Fsp3) is 0.818. The van der Waals surface area contributed by atoms with Crippen molar-refractivity contribution in [3.8, 4) is 0 Å². The van der Waals surface area contributed by atoms with Gasteiger partial charge in [0.1, 0.15) is 12.7 Å². The lowest BCUT2D eigenvalue weighted by molar-refractivity contribution is -0.0331. The van der Waals surface area contributed by atoms with E-state index in [9.17, 15) is 8.42 Å². The van der Waals surface area contributed by atoms with Gasteiger partial charge < -0.3 is 9.30 Å². The quantitative estimate of drug-likeness (QED) is 0.767. The molecule has 19 heavy (non-hydrogen) atoms. The molecule has 0 aliphatic carbocycles. The predicted octanol–water partition coefficient (Wildman–Crippen LogP) is 0.0337. The summed E-state index contributed by atoms with van der Waals surface area (Å²) in [6.07, 6.45) is 7.21. The first-order chi connectivity index (χ1) is 8.99. The molecule has 2 atom stereocenters. The smallest absolute Gasteiger partial charge is 0.211 e. The zero-order chi connectivity index (χ0) is 13.5. The third-order valence-electron chi connectivity index (χ3n) is 4.02. The summed E-state index contributed by atoms with van der Waals surface area (Å²) in [7, 11) is -3.14. The molecule has 0 unspecified atom stereocenters. The van der Waals surface area contributed by atoms with Crippen molar-refractivity contribution in [2.75, 3.05) is 26.0 Å². The first-order valence-corrected chi connectivity index (χ1v) is 8.27. The number of ether oxygens (including phenoxy) is 1. The fourth-order valence-corrected chi connectivity index (χ4v) is 3.96. The highest BCUT2D eigenvalue weighted by Crippen LogP contribution is 2.39. The van der Waals surface area contributed by atoms with Gasteiger partial charge in [-0.25, -0.2) is 8.42 Å². The highest BCUT2D eigenvalue weighted by Gasteiger charge is 2.45. The van der Waals surface area contributed by atoms with Crippen LogP contribution in [0.4, 0.5) is 0 Å². The Balaban J connectivity index is 1.75. The van der Waals surface area contributed by atoms with Crippen molar-refractivity contribution >= 4 is 10.0 Å². The van der Waals surface area contributed by atoms with E-state index in [0.717, 1.165) is 19.3 Å². The van der Waals surface area contributed by atoms with Crippen LogP contribution in [0.3, 0.4) is 0 Å². The van der Waals surface area contributed by atoms with Crippen LogP contribution in [0.15, 0.2) is 12.7 Å². The van der Waals surface area contributed by atoms with Crippen molar-refractivity contribution in [2.45, 2.75) is 30.9 Å². The van der Waals surface area contributed by atoms with Gasteiger partial charge in [-0.1, -0.05) is 0 Å². The van der Waals surface area contributed by atoms with Gasteiger partial charge in [0, 0.05) is 19.5 Å². The third-order valence-corrected chi connectivity index (χ3v) is 5.27. The number of piperidine rings is 1. The van der Waals surface area contributed by atoms with Crippen molar-refractivity contribution < 1.29 is 13.2 Å². The van der Waals surface area contributed by atoms with Gasteiger partial charge in [-0.15, -0.1) is 10.2 Å². The molecule has 0 radical (unpaired) electrons. The molecule has 1 spiro atoms. The second kappa shape index (κ2) is 4.53. The number of rotatable bonds is 2. The molecular formula is C11H18N4O3S. The Hall–Kier alpha value is -0.990. The van der Waals surface area contributed by atoms with E-state index in [4.69, 9.17) is 4.74 Å². The van der Waals surface area contributed by atoms with Crippen LogP contribution in [0.5, 0.6) is 0 Å². The number of aromatic nitrogens is 3. The van der Waals surface area contributed by atoms with E-state index >= 15 is 0 Å². The molecule has 2 aliphatic heterocycles. The van der Waals surface area contributed by atoms with E-state index in [2.05, 4.69) is 10.2 Å². The van der Waals surface area contributed by atoms with Gasteiger partial charge in [0.25, 0.3) is 0 Å². The summed E-state index contributed by atoms with van der Waals surface area (Å²) in [6, 6.07) is 0.203. The van der Waals surface area contributed by atoms with Crippen molar-refractivity contribution in [1.29, 1.82) is 0 Å². The van der Waals surface area contributed by atoms with Gasteiger partial charge in [-0.3, -0.25) is 0 Å². The van der Waals surface area contributed by atoms with Crippen molar-refractivity contribution in [1.82, 2.24) is 19.1 Å². The van der Waals surface area contributed by atoms with Crippen LogP contribution in [0, 0.1) is 0 Å². The minimum Gasteiger partial charge on any atom is -0.371 e. The number of sulfonamides is 1. The van der Waals surface area contributed by atoms with Crippen molar-refractivity contribution in [3.05, 3.63) is 12.7 Å². The Morgan fingerprint density at radius 2 is 2.11 bits per heavy atom. The van der Waals surface area contributed by atoms with Crippen LogP contribution >= 0.6 is 0 Å². The highest BCUT2D eigenvalue weighted by molar-refractivity contribution is 7.88. The maximum absolute atomic E-state index is 11.7. The van der Waals surface area contributed by atoms with Crippen LogP contribution in [0.2, 0.25) is 0 Å². The van der Waals surface area contributed by atoms with Gasteiger partial charge in [0.2, 0.25) is 10.0 Å². The van der Waals surface area contributed by atoms with Gasteiger partial charge >= 0.3 is 0 Å². The maximum Gasteiger partial charge on any atom is 0.211 e. The predicted molar refractivity (Wildman–Crippen MR) is 68.0 cm³/mol. The second-order valence-corrected chi connectivity index (χ2v) is 7.44. The normalized spacial score (nSPS) is 33.0. The van der Waals surface area contributed by atoms with Crippen LogP contribution in [-0.4, -0.2) is 59.0 Å². The summed E-state index contributed by atoms with van der Waals surface area (Å²) in [4.78, 5) is 0. The van der Waals surface area contributed by atoms with Crippen LogP contribution in [-0.2, 0) is 14.8 Å². The van der Waals surface area contributed by atoms with Crippen LogP contribution < -0.4 is 0 Å². The molecule has 106 valence electrons. The Bertz CT molecular complexity index is 544. The van der Waals surface area contributed by atoms with E-state index in [1.54, 1.807) is 12.7 Å². The van der Waals surface area contributed by atoms with Gasteiger partial charge in [0.05, 0.1) is 24.5 Å². The molecule has 0 bridgehead atoms. The Labute approximate surface area is 112 Å². The lowest BCUT2D eigenvalue weighted by Gasteiger charge is -2.38. The largest absolute Gasteiger partial charge is 0.371 e. The lowest BCUT2D eigenvalue weighted by atomic mass is 9.90. The molecule has 2 saturated heterocycles. The zero-order valence-electron chi connectivity index (χ0n) is 10.9. The first kappa shape index (κ1) is 13.0. The zero-order valence-corrected chi connectivity index (χ0v) is 11.7. The fourth-order valence-electron chi connectivity index (χ4n) is 3.03. The molecule has 3 heterocycles. The standard InChI is InChI=1S/C11H18N4O3S/c1-19(16,17)15-4-2-3-11(7-15)5-10(6-18-11)14-8-12-13-9-14/h8-10H,2-7H2,1H3/t10-,11-/m0/s1. The minimum atomic E-state index is -3.14. The van der Waals surface area contributed by atoms with Gasteiger partial charge in [-0.05, 0) is 12.8 Å². The Morgan fingerprint density at radius 3 is 2.79 bits per heavy atom. The molecule has 7 nitrogen and oxygen atoms in total. The van der Waals surface area contributed by atoms with E-state index < -0.39 is 10.0 Å². The SMILES string of the molecule is CS(=O)(=O)N1CCC[C@]2(C[C@H](n3cnnc3)CO2)C1. The summed E-state index contributed by atoms with van der Waals surface area (Å²) < 4.78 is 32.8. The summed E-state index contributed by atoms with van der Waals surface area (Å²) in [5.74, 6) is 0. The molecule has 3 rings (SSSR count).